The number of carbonyl (C=O) groups excluding carboxylic acids is 2. The van der Waals surface area contributed by atoms with Crippen molar-refractivity contribution in [1.82, 2.24) is 10.2 Å². The van der Waals surface area contributed by atoms with Crippen molar-refractivity contribution in [3.05, 3.63) is 64.1 Å². The molecule has 8 heteroatoms. The molecule has 1 heterocycles. The van der Waals surface area contributed by atoms with E-state index in [0.717, 1.165) is 21.3 Å². The Hall–Kier alpha value is -2.42. The Morgan fingerprint density at radius 1 is 0.968 bits per heavy atom. The van der Waals surface area contributed by atoms with E-state index in [9.17, 15) is 19.8 Å². The van der Waals surface area contributed by atoms with E-state index < -0.39 is 24.0 Å². The first kappa shape index (κ1) is 23.2. The molecule has 0 saturated carbocycles. The summed E-state index contributed by atoms with van der Waals surface area (Å²) in [5, 5.41) is 23.2. The molecular formula is C23H28BrN3O4. The number of nitrogens with zero attached hydrogens (tertiary/aromatic N) is 2. The molecule has 1 fully saturated rings. The number of rotatable bonds is 6. The zero-order chi connectivity index (χ0) is 22.5. The van der Waals surface area contributed by atoms with Crippen molar-refractivity contribution in [2.45, 2.75) is 32.1 Å². The van der Waals surface area contributed by atoms with Crippen LogP contribution < -0.4 is 10.2 Å². The summed E-state index contributed by atoms with van der Waals surface area (Å²) in [7, 11) is 0. The number of nitrogens with one attached hydrogen (secondary N) is 1. The number of amides is 2. The lowest BCUT2D eigenvalue weighted by Gasteiger charge is -2.37. The van der Waals surface area contributed by atoms with Crippen molar-refractivity contribution in [2.75, 3.05) is 31.1 Å². The van der Waals surface area contributed by atoms with Gasteiger partial charge in [-0.15, -0.1) is 0 Å². The molecule has 1 aliphatic heterocycles. The minimum atomic E-state index is -1.83. The molecule has 1 aliphatic rings. The Kier molecular flexibility index (Phi) is 7.69. The Bertz CT molecular complexity index is 913. The molecule has 31 heavy (non-hydrogen) atoms. The topological polar surface area (TPSA) is 93.1 Å². The second-order valence-corrected chi connectivity index (χ2v) is 8.69. The summed E-state index contributed by atoms with van der Waals surface area (Å²) in [6, 6.07) is 15.1. The lowest BCUT2D eigenvalue weighted by atomic mass is 10.1. The van der Waals surface area contributed by atoms with E-state index in [2.05, 4.69) is 26.1 Å². The van der Waals surface area contributed by atoms with Gasteiger partial charge in [0, 0.05) is 36.3 Å². The van der Waals surface area contributed by atoms with Crippen molar-refractivity contribution in [3.8, 4) is 0 Å². The summed E-state index contributed by atoms with van der Waals surface area (Å²) in [6.07, 6.45) is -3.64. The van der Waals surface area contributed by atoms with Gasteiger partial charge in [0.2, 0.25) is 0 Å². The van der Waals surface area contributed by atoms with Crippen LogP contribution in [0.2, 0.25) is 0 Å². The van der Waals surface area contributed by atoms with E-state index in [4.69, 9.17) is 0 Å². The molecule has 3 atom stereocenters. The minimum absolute atomic E-state index is 0.379. The first-order chi connectivity index (χ1) is 14.8. The number of aryl methyl sites for hydroxylation is 1. The smallest absolute Gasteiger partial charge is 0.254 e. The zero-order valence-corrected chi connectivity index (χ0v) is 19.2. The maximum absolute atomic E-state index is 12.7. The van der Waals surface area contributed by atoms with Gasteiger partial charge in [0.05, 0.1) is 6.04 Å². The summed E-state index contributed by atoms with van der Waals surface area (Å²) in [6.45, 7) is 5.87. The molecule has 0 aromatic heterocycles. The Labute approximate surface area is 190 Å². The molecule has 166 valence electrons. The molecule has 2 aromatic rings. The quantitative estimate of drug-likeness (QED) is 0.576. The van der Waals surface area contributed by atoms with Gasteiger partial charge in [-0.2, -0.15) is 0 Å². The number of piperazine rings is 1. The van der Waals surface area contributed by atoms with E-state index >= 15 is 0 Å². The third kappa shape index (κ3) is 5.64. The first-order valence-corrected chi connectivity index (χ1v) is 11.1. The van der Waals surface area contributed by atoms with Crippen LogP contribution in [-0.4, -0.2) is 65.3 Å². The average Bonchev–Trinajstić information content (AvgIpc) is 2.78. The predicted molar refractivity (Wildman–Crippen MR) is 123 cm³/mol. The fraction of sp³-hybridized carbons (Fsp3) is 0.391. The summed E-state index contributed by atoms with van der Waals surface area (Å²) in [5.74, 6) is -1.42. The largest absolute Gasteiger partial charge is 0.380 e. The third-order valence-corrected chi connectivity index (χ3v) is 6.13. The molecule has 0 unspecified atom stereocenters. The molecule has 0 aliphatic carbocycles. The van der Waals surface area contributed by atoms with Crippen LogP contribution in [0.4, 0.5) is 5.69 Å². The van der Waals surface area contributed by atoms with Gasteiger partial charge in [-0.1, -0.05) is 46.3 Å². The number of benzene rings is 2. The summed E-state index contributed by atoms with van der Waals surface area (Å²) < 4.78 is 0.915. The Balaban J connectivity index is 1.53. The van der Waals surface area contributed by atoms with E-state index in [0.29, 0.717) is 26.2 Å². The van der Waals surface area contributed by atoms with Crippen LogP contribution >= 0.6 is 15.9 Å². The van der Waals surface area contributed by atoms with Crippen molar-refractivity contribution in [2.24, 2.45) is 0 Å². The monoisotopic (exact) mass is 489 g/mol. The van der Waals surface area contributed by atoms with E-state index in [1.807, 2.05) is 55.5 Å². The number of aliphatic hydroxyl groups is 2. The number of para-hydroxylation sites is 1. The molecule has 3 rings (SSSR count). The number of anilines is 1. The van der Waals surface area contributed by atoms with Gasteiger partial charge >= 0.3 is 0 Å². The highest BCUT2D eigenvalue weighted by Crippen LogP contribution is 2.21. The van der Waals surface area contributed by atoms with Crippen LogP contribution in [0, 0.1) is 6.92 Å². The maximum Gasteiger partial charge on any atom is 0.254 e. The number of carbonyl (C=O) groups is 2. The Morgan fingerprint density at radius 2 is 1.58 bits per heavy atom. The molecular weight excluding hydrogens is 462 g/mol. The summed E-state index contributed by atoms with van der Waals surface area (Å²) in [4.78, 5) is 28.7. The van der Waals surface area contributed by atoms with Crippen LogP contribution in [0.3, 0.4) is 0 Å². The van der Waals surface area contributed by atoms with Gasteiger partial charge in [-0.3, -0.25) is 9.59 Å². The van der Waals surface area contributed by atoms with Crippen molar-refractivity contribution >= 4 is 33.4 Å². The first-order valence-electron chi connectivity index (χ1n) is 10.3. The van der Waals surface area contributed by atoms with E-state index in [1.54, 1.807) is 6.92 Å². The molecule has 1 saturated heterocycles. The molecule has 0 spiro atoms. The maximum atomic E-state index is 12.7. The number of hydrogen-bond donors (Lipinski definition) is 3. The fourth-order valence-corrected chi connectivity index (χ4v) is 3.95. The molecule has 7 nitrogen and oxygen atoms in total. The highest BCUT2D eigenvalue weighted by molar-refractivity contribution is 9.10. The van der Waals surface area contributed by atoms with Gasteiger partial charge in [-0.05, 0) is 43.2 Å². The molecule has 0 bridgehead atoms. The van der Waals surface area contributed by atoms with Crippen molar-refractivity contribution in [3.63, 3.8) is 0 Å². The normalized spacial score (nSPS) is 17.1. The van der Waals surface area contributed by atoms with Gasteiger partial charge in [-0.25, -0.2) is 0 Å². The van der Waals surface area contributed by atoms with Crippen molar-refractivity contribution in [1.29, 1.82) is 0 Å². The Morgan fingerprint density at radius 3 is 2.19 bits per heavy atom. The highest BCUT2D eigenvalue weighted by atomic mass is 79.9. The third-order valence-electron chi connectivity index (χ3n) is 5.60. The van der Waals surface area contributed by atoms with Crippen LogP contribution in [-0.2, 0) is 9.59 Å². The second-order valence-electron chi connectivity index (χ2n) is 7.77. The fourth-order valence-electron chi connectivity index (χ4n) is 3.69. The molecule has 0 radical (unpaired) electrons. The number of hydrogen-bond acceptors (Lipinski definition) is 5. The second kappa shape index (κ2) is 10.3. The van der Waals surface area contributed by atoms with Gasteiger partial charge in [0.15, 0.2) is 12.2 Å². The lowest BCUT2D eigenvalue weighted by molar-refractivity contribution is -0.153. The van der Waals surface area contributed by atoms with Crippen LogP contribution in [0.1, 0.15) is 24.1 Å². The molecule has 2 amide bonds. The summed E-state index contributed by atoms with van der Waals surface area (Å²) >= 11 is 3.36. The van der Waals surface area contributed by atoms with Gasteiger partial charge in [0.25, 0.3) is 11.8 Å². The number of aliphatic hydroxyl groups excluding tert-OH is 2. The standard InChI is InChI=1S/C23H28BrN3O4/c1-15-5-3-4-6-19(15)26-11-13-27(14-12-26)23(31)21(29)20(28)22(30)25-16(2)17-7-9-18(24)10-8-17/h3-10,16,20-21,28-29H,11-14H2,1-2H3,(H,25,30)/t16-,20+,21+/m0/s1. The van der Waals surface area contributed by atoms with Crippen LogP contribution in [0.25, 0.3) is 0 Å². The van der Waals surface area contributed by atoms with Crippen LogP contribution in [0.5, 0.6) is 0 Å². The summed E-state index contributed by atoms with van der Waals surface area (Å²) in [5.41, 5.74) is 3.13. The van der Waals surface area contributed by atoms with Gasteiger partial charge in [0.1, 0.15) is 0 Å². The molecule has 3 N–H and O–H groups in total. The van der Waals surface area contributed by atoms with E-state index in [1.165, 1.54) is 4.90 Å². The SMILES string of the molecule is Cc1ccccc1N1CCN(C(=O)[C@H](O)[C@@H](O)C(=O)N[C@@H](C)c2ccc(Br)cc2)CC1. The number of halogens is 1. The molecule has 2 aromatic carbocycles. The van der Waals surface area contributed by atoms with E-state index in [-0.39, 0.29) is 6.04 Å². The average molecular weight is 490 g/mol. The lowest BCUT2D eigenvalue weighted by Crippen LogP contribution is -2.56. The zero-order valence-electron chi connectivity index (χ0n) is 17.7. The predicted octanol–water partition coefficient (Wildman–Crippen LogP) is 2.01. The minimum Gasteiger partial charge on any atom is -0.380 e. The van der Waals surface area contributed by atoms with Crippen molar-refractivity contribution < 1.29 is 19.8 Å². The van der Waals surface area contributed by atoms with Crippen LogP contribution in [0.15, 0.2) is 53.0 Å². The highest BCUT2D eigenvalue weighted by Gasteiger charge is 2.35. The van der Waals surface area contributed by atoms with Gasteiger partial charge < -0.3 is 25.3 Å².